The summed E-state index contributed by atoms with van der Waals surface area (Å²) in [6.45, 7) is 0. The van der Waals surface area contributed by atoms with Crippen molar-refractivity contribution in [3.8, 4) is 77.3 Å². The van der Waals surface area contributed by atoms with Gasteiger partial charge in [0.15, 0.2) is 0 Å². The predicted molar refractivity (Wildman–Crippen MR) is 250 cm³/mol. The van der Waals surface area contributed by atoms with Crippen LogP contribution >= 0.6 is 11.3 Å². The maximum Gasteiger partial charge on any atom is 0.124 e. The molecule has 3 heteroatoms. The Kier molecular flexibility index (Phi) is 8.72. The normalized spacial score (nSPS) is 11.4. The Bertz CT molecular complexity index is 3280. The Morgan fingerprint density at radius 2 is 0.814 bits per heavy atom. The largest absolute Gasteiger partial charge is 0.264 e. The third-order valence-corrected chi connectivity index (χ3v) is 12.5. The van der Waals surface area contributed by atoms with Crippen LogP contribution in [-0.2, 0) is 0 Å². The summed E-state index contributed by atoms with van der Waals surface area (Å²) in [7, 11) is 0. The molecule has 9 aromatic carbocycles. The summed E-state index contributed by atoms with van der Waals surface area (Å²) in [5.74, 6) is 0. The number of hydrogen-bond acceptors (Lipinski definition) is 3. The van der Waals surface area contributed by atoms with E-state index in [0.29, 0.717) is 0 Å². The Morgan fingerprint density at radius 3 is 1.42 bits per heavy atom. The Labute approximate surface area is 347 Å². The average Bonchev–Trinajstić information content (AvgIpc) is 3.76. The van der Waals surface area contributed by atoms with Crippen LogP contribution in [0.3, 0.4) is 0 Å². The second kappa shape index (κ2) is 14.8. The highest BCUT2D eigenvalue weighted by atomic mass is 32.1. The van der Waals surface area contributed by atoms with Crippen molar-refractivity contribution in [2.45, 2.75) is 0 Å². The highest BCUT2D eigenvalue weighted by Gasteiger charge is 2.16. The van der Waals surface area contributed by atoms with Crippen LogP contribution in [-0.4, -0.2) is 9.97 Å². The highest BCUT2D eigenvalue weighted by molar-refractivity contribution is 7.21. The van der Waals surface area contributed by atoms with Gasteiger partial charge in [-0.15, -0.1) is 11.3 Å². The minimum atomic E-state index is 1.01. The summed E-state index contributed by atoms with van der Waals surface area (Å²) in [6.07, 6.45) is 3.71. The van der Waals surface area contributed by atoms with Crippen molar-refractivity contribution in [2.24, 2.45) is 0 Å². The van der Waals surface area contributed by atoms with Crippen molar-refractivity contribution in [3.63, 3.8) is 0 Å². The molecule has 0 unspecified atom stereocenters. The number of benzene rings is 9. The Morgan fingerprint density at radius 1 is 0.322 bits per heavy atom. The topological polar surface area (TPSA) is 25.8 Å². The smallest absolute Gasteiger partial charge is 0.124 e. The zero-order valence-corrected chi connectivity index (χ0v) is 32.9. The molecule has 0 fully saturated rings. The van der Waals surface area contributed by atoms with E-state index in [-0.39, 0.29) is 0 Å². The number of hydrogen-bond donors (Lipinski definition) is 0. The van der Waals surface area contributed by atoms with Gasteiger partial charge < -0.3 is 0 Å². The maximum absolute atomic E-state index is 5.40. The van der Waals surface area contributed by atoms with Crippen LogP contribution in [0.5, 0.6) is 0 Å². The lowest BCUT2D eigenvalue weighted by atomic mass is 9.93. The van der Waals surface area contributed by atoms with Crippen LogP contribution in [0.25, 0.3) is 109 Å². The lowest BCUT2D eigenvalue weighted by Gasteiger charge is -2.11. The molecular formula is C56H36N2S. The third kappa shape index (κ3) is 6.58. The van der Waals surface area contributed by atoms with E-state index in [2.05, 4.69) is 205 Å². The SMILES string of the molecule is c1cncc(-c2ccc(-c3cccc(-c4nc5c(-c6ccc(-c7cccc8ccccc78)cc6)cc(-c6ccc(-c7cccc8ccccc78)cc6)cc5s4)c3)cc2)c1. The van der Waals surface area contributed by atoms with Gasteiger partial charge in [0.05, 0.1) is 10.2 Å². The van der Waals surface area contributed by atoms with Gasteiger partial charge in [0.1, 0.15) is 5.01 Å². The average molecular weight is 769 g/mol. The second-order valence-corrected chi connectivity index (χ2v) is 16.0. The molecule has 2 aromatic heterocycles. The van der Waals surface area contributed by atoms with Crippen molar-refractivity contribution in [1.29, 1.82) is 0 Å². The number of fused-ring (bicyclic) bond motifs is 3. The molecule has 0 aliphatic rings. The standard InChI is InChI=1S/C56H36N2S/c1-3-16-49-40(9-1)11-6-18-51(49)42-26-24-39(25-27-42)48-34-53(44-30-28-43(29-31-44)52-19-7-12-41-10-2-4-17-50(41)52)55-54(35-48)59-56(58-55)46-14-5-13-45(33-46)37-20-22-38(23-21-37)47-15-8-32-57-36-47/h1-36H. The summed E-state index contributed by atoms with van der Waals surface area (Å²) in [6, 6.07) is 74.6. The van der Waals surface area contributed by atoms with E-state index in [1.54, 1.807) is 11.3 Å². The molecule has 0 spiro atoms. The van der Waals surface area contributed by atoms with Gasteiger partial charge >= 0.3 is 0 Å². The summed E-state index contributed by atoms with van der Waals surface area (Å²) in [5, 5.41) is 6.03. The van der Waals surface area contributed by atoms with E-state index in [9.17, 15) is 0 Å². The van der Waals surface area contributed by atoms with Crippen LogP contribution in [0.4, 0.5) is 0 Å². The quantitative estimate of drug-likeness (QED) is 0.161. The third-order valence-electron chi connectivity index (χ3n) is 11.4. The van der Waals surface area contributed by atoms with Gasteiger partial charge in [-0.05, 0) is 107 Å². The molecule has 0 atom stereocenters. The van der Waals surface area contributed by atoms with Crippen LogP contribution in [0, 0.1) is 0 Å². The number of thiazole rings is 1. The molecule has 0 aliphatic heterocycles. The number of pyridine rings is 1. The van der Waals surface area contributed by atoms with Gasteiger partial charge in [0, 0.05) is 23.5 Å². The zero-order valence-electron chi connectivity index (χ0n) is 32.1. The number of rotatable bonds is 7. The monoisotopic (exact) mass is 768 g/mol. The van der Waals surface area contributed by atoms with Gasteiger partial charge in [-0.25, -0.2) is 4.98 Å². The first-order valence-corrected chi connectivity index (χ1v) is 20.8. The molecule has 11 rings (SSSR count). The molecule has 276 valence electrons. The predicted octanol–water partition coefficient (Wildman–Crippen LogP) is 15.7. The molecule has 0 saturated carbocycles. The van der Waals surface area contributed by atoms with Crippen molar-refractivity contribution in [3.05, 3.63) is 219 Å². The van der Waals surface area contributed by atoms with E-state index in [0.717, 1.165) is 48.6 Å². The van der Waals surface area contributed by atoms with Gasteiger partial charge in [0.25, 0.3) is 0 Å². The van der Waals surface area contributed by atoms with E-state index in [1.165, 1.54) is 60.5 Å². The van der Waals surface area contributed by atoms with Crippen molar-refractivity contribution < 1.29 is 0 Å². The molecule has 2 nitrogen and oxygen atoms in total. The summed E-state index contributed by atoms with van der Waals surface area (Å²) in [5.41, 5.74) is 16.2. The van der Waals surface area contributed by atoms with Crippen LogP contribution in [0.15, 0.2) is 219 Å². The Hall–Kier alpha value is -7.46. The van der Waals surface area contributed by atoms with Gasteiger partial charge in [-0.1, -0.05) is 182 Å². The second-order valence-electron chi connectivity index (χ2n) is 15.0. The number of nitrogens with zero attached hydrogens (tertiary/aromatic N) is 2. The van der Waals surface area contributed by atoms with Crippen LogP contribution in [0.2, 0.25) is 0 Å². The van der Waals surface area contributed by atoms with Gasteiger partial charge in [-0.2, -0.15) is 0 Å². The van der Waals surface area contributed by atoms with E-state index in [1.807, 2.05) is 18.5 Å². The minimum absolute atomic E-state index is 1.01. The van der Waals surface area contributed by atoms with Crippen molar-refractivity contribution in [1.82, 2.24) is 9.97 Å². The van der Waals surface area contributed by atoms with Crippen LogP contribution in [0.1, 0.15) is 0 Å². The molecule has 0 amide bonds. The molecule has 0 N–H and O–H groups in total. The van der Waals surface area contributed by atoms with Gasteiger partial charge in [0.2, 0.25) is 0 Å². The molecular weight excluding hydrogens is 733 g/mol. The first kappa shape index (κ1) is 34.8. The molecule has 11 aromatic rings. The van der Waals surface area contributed by atoms with Gasteiger partial charge in [-0.3, -0.25) is 4.98 Å². The molecule has 0 saturated heterocycles. The number of aromatic nitrogens is 2. The maximum atomic E-state index is 5.40. The fraction of sp³-hybridized carbons (Fsp3) is 0. The summed E-state index contributed by atoms with van der Waals surface area (Å²) in [4.78, 5) is 9.70. The summed E-state index contributed by atoms with van der Waals surface area (Å²) >= 11 is 1.76. The van der Waals surface area contributed by atoms with E-state index >= 15 is 0 Å². The molecule has 2 heterocycles. The van der Waals surface area contributed by atoms with Crippen LogP contribution < -0.4 is 0 Å². The molecule has 0 bridgehead atoms. The van der Waals surface area contributed by atoms with Crippen molar-refractivity contribution >= 4 is 43.1 Å². The first-order chi connectivity index (χ1) is 29.2. The minimum Gasteiger partial charge on any atom is -0.264 e. The zero-order chi connectivity index (χ0) is 39.1. The lowest BCUT2D eigenvalue weighted by Crippen LogP contribution is -1.87. The van der Waals surface area contributed by atoms with E-state index in [4.69, 9.17) is 4.98 Å². The molecule has 0 aliphatic carbocycles. The summed E-state index contributed by atoms with van der Waals surface area (Å²) < 4.78 is 1.16. The lowest BCUT2D eigenvalue weighted by molar-refractivity contribution is 1.33. The molecule has 0 radical (unpaired) electrons. The first-order valence-electron chi connectivity index (χ1n) is 19.9. The Balaban J connectivity index is 0.998. The molecule has 59 heavy (non-hydrogen) atoms. The fourth-order valence-electron chi connectivity index (χ4n) is 8.39. The van der Waals surface area contributed by atoms with E-state index < -0.39 is 0 Å². The highest BCUT2D eigenvalue weighted by Crippen LogP contribution is 2.41. The fourth-order valence-corrected chi connectivity index (χ4v) is 9.41. The van der Waals surface area contributed by atoms with Crippen molar-refractivity contribution in [2.75, 3.05) is 0 Å².